The molecule has 0 unspecified atom stereocenters. The number of hydrogen-bond acceptors (Lipinski definition) is 6. The van der Waals surface area contributed by atoms with Crippen LogP contribution in [0.3, 0.4) is 0 Å². The Kier molecular flexibility index (Phi) is 4.97. The molecule has 0 bridgehead atoms. The molecule has 0 amide bonds. The van der Waals surface area contributed by atoms with E-state index in [1.807, 2.05) is 0 Å². The summed E-state index contributed by atoms with van der Waals surface area (Å²) in [5.41, 5.74) is -1.54. The fourth-order valence-electron chi connectivity index (χ4n) is 2.18. The van der Waals surface area contributed by atoms with Crippen molar-refractivity contribution in [2.45, 2.75) is 0 Å². The zero-order valence-corrected chi connectivity index (χ0v) is 15.3. The second kappa shape index (κ2) is 6.63. The summed E-state index contributed by atoms with van der Waals surface area (Å²) in [6, 6.07) is 5.65. The molecule has 0 atom stereocenters. The number of rotatable bonds is 2. The van der Waals surface area contributed by atoms with Crippen molar-refractivity contribution in [1.29, 1.82) is 0 Å². The van der Waals surface area contributed by atoms with Crippen molar-refractivity contribution in [2.75, 3.05) is 0 Å². The normalized spacial score (nSPS) is 10.4. The summed E-state index contributed by atoms with van der Waals surface area (Å²) in [5.74, 6) is -1.34. The Hall–Kier alpha value is -2.36. The number of para-hydroxylation sites is 1. The minimum Gasteiger partial charge on any atom is -1.00 e. The molecule has 0 fully saturated rings. The minimum atomic E-state index is -1.02. The first-order valence-electron chi connectivity index (χ1n) is 6.55. The van der Waals surface area contributed by atoms with Crippen LogP contribution in [-0.2, 0) is 14.1 Å². The van der Waals surface area contributed by atoms with E-state index in [0.29, 0.717) is 4.73 Å². The molecule has 24 heavy (non-hydrogen) atoms. The van der Waals surface area contributed by atoms with Gasteiger partial charge < -0.3 is 15.9 Å². The van der Waals surface area contributed by atoms with Crippen LogP contribution >= 0.6 is 0 Å². The van der Waals surface area contributed by atoms with Gasteiger partial charge in [0.1, 0.15) is 11.3 Å². The van der Waals surface area contributed by atoms with Gasteiger partial charge in [-0.25, -0.2) is 14.6 Å². The number of phenolic OH excluding ortho intramolecular Hbond substituents is 1. The molecule has 0 aliphatic rings. The molecule has 0 aliphatic carbocycles. The number of benzene rings is 1. The molecule has 0 aliphatic heterocycles. The first kappa shape index (κ1) is 18.0. The van der Waals surface area contributed by atoms with Gasteiger partial charge >= 0.3 is 46.8 Å². The predicted molar refractivity (Wildman–Crippen MR) is 80.3 cm³/mol. The van der Waals surface area contributed by atoms with Crippen LogP contribution in [0, 0.1) is 0 Å². The Balaban J connectivity index is 0.00000156. The number of aromatic nitrogens is 4. The average molecular weight is 340 g/mol. The number of aryl methyl sites for hydroxylation is 2. The average Bonchev–Trinajstić information content (AvgIpc) is 2.91. The number of imidazole rings is 1. The van der Waals surface area contributed by atoms with Crippen molar-refractivity contribution in [3.8, 4) is 5.75 Å². The molecule has 0 saturated carbocycles. The summed E-state index contributed by atoms with van der Waals surface area (Å²) in [5, 5.41) is 9.65. The smallest absolute Gasteiger partial charge is 1.00 e. The molecule has 0 radical (unpaired) electrons. The van der Waals surface area contributed by atoms with Crippen LogP contribution < -0.4 is 45.6 Å². The first-order chi connectivity index (χ1) is 10.9. The number of aromatic hydroxyl groups is 1. The van der Waals surface area contributed by atoms with Crippen LogP contribution in [0.4, 0.5) is 0 Å². The maximum Gasteiger partial charge on any atom is 1.00 e. The van der Waals surface area contributed by atoms with Gasteiger partial charge in [0.15, 0.2) is 11.2 Å². The van der Waals surface area contributed by atoms with Crippen molar-refractivity contribution < 1.29 is 45.7 Å². The molecular weight excluding hydrogens is 327 g/mol. The molecule has 1 aromatic carbocycles. The summed E-state index contributed by atoms with van der Waals surface area (Å²) in [7, 11) is 2.98. The van der Waals surface area contributed by atoms with Gasteiger partial charge in [0.05, 0.1) is 6.33 Å². The topological polar surface area (TPSA) is 108 Å². The molecule has 2 heterocycles. The molecule has 1 N–H and O–H groups in total. The van der Waals surface area contributed by atoms with E-state index in [1.165, 1.54) is 42.2 Å². The van der Waals surface area contributed by atoms with Gasteiger partial charge in [0, 0.05) is 14.1 Å². The summed E-state index contributed by atoms with van der Waals surface area (Å²) < 4.78 is 2.86. The van der Waals surface area contributed by atoms with Gasteiger partial charge in [-0.3, -0.25) is 9.36 Å². The Morgan fingerprint density at radius 2 is 1.92 bits per heavy atom. The van der Waals surface area contributed by atoms with Crippen LogP contribution in [0.1, 0.15) is 11.8 Å². The number of nitrogens with zero attached hydrogens (tertiary/aromatic N) is 4. The van der Waals surface area contributed by atoms with Crippen LogP contribution in [0.15, 0.2) is 40.2 Å². The van der Waals surface area contributed by atoms with Crippen molar-refractivity contribution in [1.82, 2.24) is 18.8 Å². The van der Waals surface area contributed by atoms with Crippen molar-refractivity contribution >= 4 is 17.1 Å². The maximum absolute atomic E-state index is 12.4. The largest absolute Gasteiger partial charge is 1.00 e. The van der Waals surface area contributed by atoms with E-state index in [-0.39, 0.29) is 53.5 Å². The third-order valence-corrected chi connectivity index (χ3v) is 3.38. The molecule has 3 aromatic rings. The summed E-state index contributed by atoms with van der Waals surface area (Å²) in [6.45, 7) is 0. The monoisotopic (exact) mass is 340 g/mol. The Labute approximate surface area is 158 Å². The molecule has 0 saturated heterocycles. The standard InChI is InChI=1S/C14H12N4O5.Na.H/c1-16-7-15-11-10(16)12(20)18(14(22)17(11)2)23-13(21)8-5-3-4-6-9(8)19;;/h3-7,19H,1-2H3;;/q;+1;-1. The van der Waals surface area contributed by atoms with E-state index in [1.54, 1.807) is 7.05 Å². The van der Waals surface area contributed by atoms with E-state index < -0.39 is 17.2 Å². The van der Waals surface area contributed by atoms with Crippen LogP contribution in [0.5, 0.6) is 5.75 Å². The predicted octanol–water partition coefficient (Wildman–Crippen LogP) is -3.48. The Bertz CT molecular complexity index is 1060. The Morgan fingerprint density at radius 1 is 1.25 bits per heavy atom. The third-order valence-electron chi connectivity index (χ3n) is 3.38. The second-order valence-electron chi connectivity index (χ2n) is 4.86. The SMILES string of the molecule is Cn1cnc2c1c(=O)n(OC(=O)c1ccccc1O)c(=O)n2C.[H-].[Na+]. The van der Waals surface area contributed by atoms with Gasteiger partial charge in [-0.15, -0.1) is 0 Å². The summed E-state index contributed by atoms with van der Waals surface area (Å²) in [6.07, 6.45) is 1.38. The number of carbonyl (C=O) groups is 1. The molecule has 9 nitrogen and oxygen atoms in total. The van der Waals surface area contributed by atoms with Crippen molar-refractivity contribution in [3.05, 3.63) is 57.0 Å². The quantitative estimate of drug-likeness (QED) is 0.486. The van der Waals surface area contributed by atoms with Crippen LogP contribution in [-0.4, -0.2) is 29.9 Å². The van der Waals surface area contributed by atoms with Gasteiger partial charge in [-0.2, -0.15) is 0 Å². The molecule has 10 heteroatoms. The van der Waals surface area contributed by atoms with Gasteiger partial charge in [-0.05, 0) is 12.1 Å². The van der Waals surface area contributed by atoms with E-state index in [0.717, 1.165) is 4.57 Å². The van der Waals surface area contributed by atoms with Crippen LogP contribution in [0.2, 0.25) is 0 Å². The molecule has 0 spiro atoms. The van der Waals surface area contributed by atoms with Gasteiger partial charge in [-0.1, -0.05) is 16.9 Å². The number of carbonyl (C=O) groups excluding carboxylic acids is 1. The van der Waals surface area contributed by atoms with Crippen molar-refractivity contribution in [2.24, 2.45) is 14.1 Å². The fraction of sp³-hybridized carbons (Fsp3) is 0.143. The van der Waals surface area contributed by atoms with E-state index in [4.69, 9.17) is 4.84 Å². The van der Waals surface area contributed by atoms with Crippen molar-refractivity contribution in [3.63, 3.8) is 0 Å². The zero-order valence-electron chi connectivity index (χ0n) is 14.3. The van der Waals surface area contributed by atoms with Gasteiger partial charge in [0.2, 0.25) is 0 Å². The first-order valence-corrected chi connectivity index (χ1v) is 6.55. The third kappa shape index (κ3) is 2.77. The zero-order chi connectivity index (χ0) is 16.7. The molecular formula is C14H13N4NaO5. The fourth-order valence-corrected chi connectivity index (χ4v) is 2.18. The second-order valence-corrected chi connectivity index (χ2v) is 4.86. The summed E-state index contributed by atoms with van der Waals surface area (Å²) in [4.78, 5) is 45.5. The summed E-state index contributed by atoms with van der Waals surface area (Å²) >= 11 is 0. The van der Waals surface area contributed by atoms with E-state index in [9.17, 15) is 19.5 Å². The molecule has 120 valence electrons. The molecule has 2 aromatic heterocycles. The maximum atomic E-state index is 12.4. The molecule has 3 rings (SSSR count). The number of hydrogen-bond donors (Lipinski definition) is 1. The van der Waals surface area contributed by atoms with E-state index >= 15 is 0 Å². The van der Waals surface area contributed by atoms with Crippen LogP contribution in [0.25, 0.3) is 11.2 Å². The van der Waals surface area contributed by atoms with E-state index in [2.05, 4.69) is 4.98 Å². The number of phenols is 1. The Morgan fingerprint density at radius 3 is 2.58 bits per heavy atom. The van der Waals surface area contributed by atoms with Gasteiger partial charge in [0.25, 0.3) is 0 Å². The minimum absolute atomic E-state index is 0. The number of fused-ring (bicyclic) bond motifs is 1.